The van der Waals surface area contributed by atoms with Crippen LogP contribution in [0.25, 0.3) is 0 Å². The van der Waals surface area contributed by atoms with Crippen LogP contribution in [0.5, 0.6) is 5.75 Å². The third-order valence-electron chi connectivity index (χ3n) is 2.84. The number of hydrogen-bond acceptors (Lipinski definition) is 3. The molecule has 2 aromatic carbocycles. The minimum absolute atomic E-state index is 0.00916. The lowest BCUT2D eigenvalue weighted by molar-refractivity contribution is 0.0977. The molecule has 0 aliphatic carbocycles. The van der Waals surface area contributed by atoms with Crippen molar-refractivity contribution < 1.29 is 13.9 Å². The average molecular weight is 353 g/mol. The molecule has 0 aliphatic heterocycles. The van der Waals surface area contributed by atoms with Crippen molar-refractivity contribution >= 4 is 40.5 Å². The molecular formula is C16H14ClFN2O2S. The molecule has 2 aromatic rings. The summed E-state index contributed by atoms with van der Waals surface area (Å²) < 4.78 is 18.8. The topological polar surface area (TPSA) is 50.4 Å². The lowest BCUT2D eigenvalue weighted by atomic mass is 10.2. The molecule has 0 fully saturated rings. The van der Waals surface area contributed by atoms with Crippen molar-refractivity contribution in [3.05, 3.63) is 58.9 Å². The second-order valence-electron chi connectivity index (χ2n) is 4.47. The van der Waals surface area contributed by atoms with Gasteiger partial charge in [0.1, 0.15) is 11.6 Å². The number of hydrogen-bond donors (Lipinski definition) is 2. The molecule has 0 heterocycles. The monoisotopic (exact) mass is 352 g/mol. The molecule has 0 bridgehead atoms. The van der Waals surface area contributed by atoms with E-state index in [1.807, 2.05) is 6.92 Å². The number of halogens is 2. The minimum Gasteiger partial charge on any atom is -0.492 e. The number of benzene rings is 2. The Morgan fingerprint density at radius 2 is 2.04 bits per heavy atom. The van der Waals surface area contributed by atoms with Gasteiger partial charge in [-0.25, -0.2) is 4.39 Å². The predicted octanol–water partition coefficient (Wildman–Crippen LogP) is 4.00. The maximum atomic E-state index is 13.5. The van der Waals surface area contributed by atoms with Crippen LogP contribution in [0.4, 0.5) is 10.1 Å². The van der Waals surface area contributed by atoms with Crippen LogP contribution >= 0.6 is 23.8 Å². The van der Waals surface area contributed by atoms with Gasteiger partial charge in [0, 0.05) is 5.56 Å². The zero-order valence-corrected chi connectivity index (χ0v) is 13.8. The lowest BCUT2D eigenvalue weighted by Gasteiger charge is -2.11. The zero-order chi connectivity index (χ0) is 16.8. The van der Waals surface area contributed by atoms with Gasteiger partial charge in [-0.15, -0.1) is 0 Å². The summed E-state index contributed by atoms with van der Waals surface area (Å²) in [4.78, 5) is 12.1. The molecule has 2 rings (SSSR count). The number of carbonyl (C=O) groups excluding carboxylic acids is 1. The first-order valence-electron chi connectivity index (χ1n) is 6.80. The van der Waals surface area contributed by atoms with Crippen LogP contribution in [-0.2, 0) is 0 Å². The van der Waals surface area contributed by atoms with Crippen LogP contribution in [-0.4, -0.2) is 17.6 Å². The van der Waals surface area contributed by atoms with Crippen LogP contribution in [0, 0.1) is 5.82 Å². The van der Waals surface area contributed by atoms with Crippen molar-refractivity contribution in [1.29, 1.82) is 0 Å². The number of anilines is 1. The van der Waals surface area contributed by atoms with Crippen LogP contribution in [0.2, 0.25) is 5.02 Å². The van der Waals surface area contributed by atoms with Crippen LogP contribution in [0.15, 0.2) is 42.5 Å². The Labute approximate surface area is 143 Å². The maximum Gasteiger partial charge on any atom is 0.257 e. The largest absolute Gasteiger partial charge is 0.492 e. The summed E-state index contributed by atoms with van der Waals surface area (Å²) in [6, 6.07) is 10.7. The third kappa shape index (κ3) is 4.64. The second kappa shape index (κ2) is 7.89. The molecule has 0 saturated carbocycles. The highest BCUT2D eigenvalue weighted by Gasteiger charge is 2.12. The molecule has 2 N–H and O–H groups in total. The van der Waals surface area contributed by atoms with E-state index in [9.17, 15) is 9.18 Å². The summed E-state index contributed by atoms with van der Waals surface area (Å²) in [5, 5.41) is 5.41. The Kier molecular flexibility index (Phi) is 5.90. The Balaban J connectivity index is 2.02. The highest BCUT2D eigenvalue weighted by atomic mass is 35.5. The zero-order valence-electron chi connectivity index (χ0n) is 12.2. The molecule has 0 saturated heterocycles. The second-order valence-corrected chi connectivity index (χ2v) is 5.28. The van der Waals surface area contributed by atoms with Crippen molar-refractivity contribution in [2.75, 3.05) is 11.9 Å². The van der Waals surface area contributed by atoms with Crippen molar-refractivity contribution in [2.24, 2.45) is 0 Å². The quantitative estimate of drug-likeness (QED) is 0.816. The van der Waals surface area contributed by atoms with Gasteiger partial charge < -0.3 is 10.1 Å². The number of thiocarbonyl (C=S) groups is 1. The Morgan fingerprint density at radius 3 is 2.70 bits per heavy atom. The molecule has 0 spiro atoms. The number of para-hydroxylation sites is 1. The van der Waals surface area contributed by atoms with Gasteiger partial charge in [0.15, 0.2) is 5.11 Å². The van der Waals surface area contributed by atoms with Crippen molar-refractivity contribution in [3.63, 3.8) is 0 Å². The normalized spacial score (nSPS) is 10.0. The first-order chi connectivity index (χ1) is 11.0. The van der Waals surface area contributed by atoms with E-state index in [-0.39, 0.29) is 10.8 Å². The summed E-state index contributed by atoms with van der Waals surface area (Å²) in [6.07, 6.45) is 0. The molecule has 0 atom stereocenters. The van der Waals surface area contributed by atoms with Crippen LogP contribution in [0.1, 0.15) is 17.3 Å². The SMILES string of the molecule is CCOc1ccc(C(=O)NC(=S)Nc2ccccc2F)cc1Cl. The number of ether oxygens (including phenoxy) is 1. The van der Waals surface area contributed by atoms with E-state index < -0.39 is 11.7 Å². The summed E-state index contributed by atoms with van der Waals surface area (Å²) in [6.45, 7) is 2.31. The van der Waals surface area contributed by atoms with Gasteiger partial charge in [-0.2, -0.15) is 0 Å². The van der Waals surface area contributed by atoms with Crippen LogP contribution in [0.3, 0.4) is 0 Å². The van der Waals surface area contributed by atoms with E-state index >= 15 is 0 Å². The van der Waals surface area contributed by atoms with E-state index in [2.05, 4.69) is 10.6 Å². The Morgan fingerprint density at radius 1 is 1.30 bits per heavy atom. The van der Waals surface area contributed by atoms with Gasteiger partial charge in [0.2, 0.25) is 0 Å². The fourth-order valence-corrected chi connectivity index (χ4v) is 2.24. The summed E-state index contributed by atoms with van der Waals surface area (Å²) in [7, 11) is 0. The molecule has 0 aromatic heterocycles. The summed E-state index contributed by atoms with van der Waals surface area (Å²) >= 11 is 11.0. The number of nitrogens with one attached hydrogen (secondary N) is 2. The molecule has 23 heavy (non-hydrogen) atoms. The highest BCUT2D eigenvalue weighted by Crippen LogP contribution is 2.25. The number of amides is 1. The van der Waals surface area contributed by atoms with Gasteiger partial charge in [-0.1, -0.05) is 23.7 Å². The van der Waals surface area contributed by atoms with Gasteiger partial charge in [-0.05, 0) is 49.5 Å². The maximum absolute atomic E-state index is 13.5. The molecule has 0 radical (unpaired) electrons. The van der Waals surface area contributed by atoms with E-state index in [1.165, 1.54) is 18.2 Å². The first-order valence-corrected chi connectivity index (χ1v) is 7.59. The van der Waals surface area contributed by atoms with Crippen molar-refractivity contribution in [2.45, 2.75) is 6.92 Å². The third-order valence-corrected chi connectivity index (χ3v) is 3.34. The molecule has 120 valence electrons. The van der Waals surface area contributed by atoms with E-state index in [4.69, 9.17) is 28.6 Å². The van der Waals surface area contributed by atoms with Crippen LogP contribution < -0.4 is 15.4 Å². The predicted molar refractivity (Wildman–Crippen MR) is 92.7 cm³/mol. The van der Waals surface area contributed by atoms with Gasteiger partial charge in [0.05, 0.1) is 17.3 Å². The van der Waals surface area contributed by atoms with Crippen molar-refractivity contribution in [1.82, 2.24) is 5.32 Å². The fraction of sp³-hybridized carbons (Fsp3) is 0.125. The summed E-state index contributed by atoms with van der Waals surface area (Å²) in [5.41, 5.74) is 0.499. The number of rotatable bonds is 4. The number of carbonyl (C=O) groups is 1. The minimum atomic E-state index is -0.465. The highest BCUT2D eigenvalue weighted by molar-refractivity contribution is 7.80. The van der Waals surface area contributed by atoms with Gasteiger partial charge in [0.25, 0.3) is 5.91 Å². The molecule has 1 amide bonds. The Bertz CT molecular complexity index is 740. The first kappa shape index (κ1) is 17.2. The van der Waals surface area contributed by atoms with E-state index in [0.29, 0.717) is 22.9 Å². The smallest absolute Gasteiger partial charge is 0.257 e. The molecular weight excluding hydrogens is 339 g/mol. The molecule has 7 heteroatoms. The standard InChI is InChI=1S/C16H14ClFN2O2S/c1-2-22-14-8-7-10(9-11(14)17)15(21)20-16(23)19-13-6-4-3-5-12(13)18/h3-9H,2H2,1H3,(H2,19,20,21,23). The Hall–Kier alpha value is -2.18. The molecule has 0 aliphatic rings. The van der Waals surface area contributed by atoms with E-state index in [0.717, 1.165) is 0 Å². The van der Waals surface area contributed by atoms with Gasteiger partial charge in [-0.3, -0.25) is 10.1 Å². The molecule has 4 nitrogen and oxygen atoms in total. The lowest BCUT2D eigenvalue weighted by Crippen LogP contribution is -2.34. The van der Waals surface area contributed by atoms with E-state index in [1.54, 1.807) is 24.3 Å². The van der Waals surface area contributed by atoms with Crippen molar-refractivity contribution in [3.8, 4) is 5.75 Å². The fourth-order valence-electron chi connectivity index (χ4n) is 1.81. The van der Waals surface area contributed by atoms with Gasteiger partial charge >= 0.3 is 0 Å². The summed E-state index contributed by atoms with van der Waals surface area (Å²) in [5.74, 6) is -0.422. The average Bonchev–Trinajstić information content (AvgIpc) is 2.51. The molecule has 0 unspecified atom stereocenters.